The van der Waals surface area contributed by atoms with Gasteiger partial charge in [-0.15, -0.1) is 0 Å². The average molecular weight is 307 g/mol. The average Bonchev–Trinajstić information content (AvgIpc) is 1.41. The zero-order valence-corrected chi connectivity index (χ0v) is 6.96. The molecule has 0 saturated heterocycles. The molecule has 39 valence electrons. The van der Waals surface area contributed by atoms with Crippen molar-refractivity contribution >= 4 is 33.6 Å². The van der Waals surface area contributed by atoms with Crippen molar-refractivity contribution in [2.75, 3.05) is 0 Å². The molecule has 0 aliphatic heterocycles. The fourth-order valence-electron chi connectivity index (χ4n) is 0. The van der Waals surface area contributed by atoms with Crippen molar-refractivity contribution in [1.82, 2.24) is 0 Å². The van der Waals surface area contributed by atoms with Gasteiger partial charge < -0.3 is 9.79 Å². The molecule has 6 heteroatoms. The van der Waals surface area contributed by atoms with Crippen molar-refractivity contribution in [2.45, 2.75) is 0 Å². The summed E-state index contributed by atoms with van der Waals surface area (Å²) in [6.07, 6.45) is 0. The summed E-state index contributed by atoms with van der Waals surface area (Å²) in [7, 11) is -3.13. The Bertz CT molecular complexity index is 33.8. The van der Waals surface area contributed by atoms with Crippen LogP contribution in [0.3, 0.4) is 0 Å². The Kier molecular flexibility index (Phi) is 15.8. The molecule has 0 aromatic heterocycles. The Morgan fingerprint density at radius 2 is 1.50 bits per heavy atom. The summed E-state index contributed by atoms with van der Waals surface area (Å²) in [6, 6.07) is 0. The van der Waals surface area contributed by atoms with Crippen LogP contribution in [-0.2, 0) is 4.57 Å². The van der Waals surface area contributed by atoms with Gasteiger partial charge in [-0.3, -0.25) is 4.57 Å². The van der Waals surface area contributed by atoms with Gasteiger partial charge in [0.15, 0.2) is 0 Å². The predicted octanol–water partition coefficient (Wildman–Crippen LogP) is -1.61. The molecule has 0 heterocycles. The van der Waals surface area contributed by atoms with E-state index in [4.69, 9.17) is 14.4 Å². The maximum absolute atomic E-state index is 8.74. The molecule has 0 aromatic rings. The van der Waals surface area contributed by atoms with Gasteiger partial charge in [-0.05, 0) is 0 Å². The summed E-state index contributed by atoms with van der Waals surface area (Å²) in [5.74, 6) is 0. The van der Waals surface area contributed by atoms with Crippen LogP contribution >= 0.6 is 8.25 Å². The second-order valence-electron chi connectivity index (χ2n) is 0.283. The summed E-state index contributed by atoms with van der Waals surface area (Å²) in [4.78, 5) is 14.3. The van der Waals surface area contributed by atoms with E-state index in [1.807, 2.05) is 0 Å². The first-order chi connectivity index (χ1) is 2.73. The van der Waals surface area contributed by atoms with E-state index in [1.165, 1.54) is 0 Å². The van der Waals surface area contributed by atoms with Gasteiger partial charge in [0.25, 0.3) is 0 Å². The fourth-order valence-corrected chi connectivity index (χ4v) is 0. The number of rotatable bonds is 0. The van der Waals surface area contributed by atoms with Crippen molar-refractivity contribution in [3.05, 3.63) is 0 Å². The topological polar surface area (TPSA) is 83.5 Å². The molecule has 0 spiro atoms. The molecule has 0 aromatic carbocycles. The summed E-state index contributed by atoms with van der Waals surface area (Å²) in [6.45, 7) is 0. The van der Waals surface area contributed by atoms with E-state index in [-0.39, 0.29) is 0 Å². The third-order valence-electron chi connectivity index (χ3n) is 0. The normalized spacial score (nSPS) is 6.83. The van der Waals surface area contributed by atoms with E-state index < -0.39 is 8.25 Å². The third-order valence-corrected chi connectivity index (χ3v) is 0. The van der Waals surface area contributed by atoms with Gasteiger partial charge in [-0.25, -0.2) is 0 Å². The minimum absolute atomic E-state index is 1.08. The molecule has 1 radical (unpaired) electrons. The van der Waals surface area contributed by atoms with Crippen molar-refractivity contribution in [3.8, 4) is 0 Å². The van der Waals surface area contributed by atoms with E-state index in [0.29, 0.717) is 0 Å². The number of hydrogen-bond donors (Lipinski definition) is 3. The van der Waals surface area contributed by atoms with Gasteiger partial charge in [0.2, 0.25) is 0 Å². The van der Waals surface area contributed by atoms with Gasteiger partial charge in [0, 0.05) is 0 Å². The van der Waals surface area contributed by atoms with E-state index in [9.17, 15) is 0 Å². The maximum atomic E-state index is 8.74. The van der Waals surface area contributed by atoms with Crippen LogP contribution in [0.4, 0.5) is 0 Å². The zero-order chi connectivity index (χ0) is 5.58. The Hall–Kier alpha value is 1.01. The quantitative estimate of drug-likeness (QED) is 0.470. The van der Waals surface area contributed by atoms with E-state index in [2.05, 4.69) is 3.63 Å². The Balaban J connectivity index is 0. The van der Waals surface area contributed by atoms with Gasteiger partial charge in [0.1, 0.15) is 0 Å². The van der Waals surface area contributed by atoms with Crippen LogP contribution in [0.15, 0.2) is 0 Å². The molecule has 4 N–H and O–H groups in total. The molecule has 0 aliphatic carbocycles. The molecule has 0 atom stereocenters. The second-order valence-corrected chi connectivity index (χ2v) is 0.848. The minimum atomic E-state index is -3.13. The summed E-state index contributed by atoms with van der Waals surface area (Å²) >= 11 is 1.08. The van der Waals surface area contributed by atoms with E-state index >= 15 is 0 Å². The van der Waals surface area contributed by atoms with Crippen LogP contribution in [-0.4, -0.2) is 35.1 Å². The molecule has 0 rings (SSSR count). The number of nitrogens with two attached hydrogens (primary N) is 1. The molecule has 0 unspecified atom stereocenters. The first-order valence-electron chi connectivity index (χ1n) is 0.887. The Morgan fingerprint density at radius 3 is 1.50 bits per heavy atom. The van der Waals surface area contributed by atoms with Crippen LogP contribution < -0.4 is 3.63 Å². The van der Waals surface area contributed by atoms with Crippen LogP contribution in [0.5, 0.6) is 0 Å². The molecule has 0 saturated carbocycles. The summed E-state index contributed by atoms with van der Waals surface area (Å²) < 4.78 is 13.3. The van der Waals surface area contributed by atoms with Crippen molar-refractivity contribution < 1.29 is 14.4 Å². The fraction of sp³-hybridized carbons (Fsp3) is 0. The van der Waals surface area contributed by atoms with Crippen LogP contribution in [0, 0.1) is 0 Å². The van der Waals surface area contributed by atoms with Crippen molar-refractivity contribution in [3.63, 3.8) is 0 Å². The standard InChI is InChI=1S/H2N.H3O3P.Po/c;1-4(2)3;/h1H2;4H,(H2,1,2,3);/q-1;;+1. The predicted molar refractivity (Wildman–Crippen MR) is 23.4 cm³/mol. The Labute approximate surface area is 51.8 Å². The SMILES string of the molecule is O=[PH](O)O.[NH2][Po]. The molecule has 6 heavy (non-hydrogen) atoms. The Morgan fingerprint density at radius 1 is 1.50 bits per heavy atom. The van der Waals surface area contributed by atoms with E-state index in [1.54, 1.807) is 0 Å². The summed E-state index contributed by atoms with van der Waals surface area (Å²) in [5.41, 5.74) is 0. The van der Waals surface area contributed by atoms with Gasteiger partial charge in [-0.2, -0.15) is 0 Å². The van der Waals surface area contributed by atoms with Crippen LogP contribution in [0.25, 0.3) is 0 Å². The van der Waals surface area contributed by atoms with E-state index in [0.717, 1.165) is 25.4 Å². The zero-order valence-electron chi connectivity index (χ0n) is 2.79. The monoisotopic (exact) mass is 307 g/mol. The molecular weight excluding hydrogens is 302 g/mol. The first-order valence-corrected chi connectivity index (χ1v) is 4.02. The van der Waals surface area contributed by atoms with Gasteiger partial charge >= 0.3 is 37.2 Å². The third kappa shape index (κ3) is 79.4. The van der Waals surface area contributed by atoms with Crippen molar-refractivity contribution in [1.29, 1.82) is 0 Å². The van der Waals surface area contributed by atoms with Crippen molar-refractivity contribution in [2.24, 2.45) is 3.63 Å². The van der Waals surface area contributed by atoms with Crippen LogP contribution in [0.1, 0.15) is 0 Å². The molecule has 0 fully saturated rings. The number of hydrogen-bond acceptors (Lipinski definition) is 2. The van der Waals surface area contributed by atoms with Crippen LogP contribution in [0.2, 0.25) is 0 Å². The molecular formula is H5NO3PPo. The molecule has 4 nitrogen and oxygen atoms in total. The summed E-state index contributed by atoms with van der Waals surface area (Å²) in [5, 5.41) is 0. The molecule has 0 aliphatic rings. The van der Waals surface area contributed by atoms with Gasteiger partial charge in [0.05, 0.1) is 0 Å². The first kappa shape index (κ1) is 10.1. The molecule has 0 amide bonds. The second kappa shape index (κ2) is 9.38. The van der Waals surface area contributed by atoms with Gasteiger partial charge in [-0.1, -0.05) is 0 Å². The molecule has 0 bridgehead atoms.